The summed E-state index contributed by atoms with van der Waals surface area (Å²) in [7, 11) is 1.57. The fourth-order valence-corrected chi connectivity index (χ4v) is 3.56. The maximum absolute atomic E-state index is 12.4. The highest BCUT2D eigenvalue weighted by Crippen LogP contribution is 2.26. The van der Waals surface area contributed by atoms with Gasteiger partial charge in [-0.2, -0.15) is 0 Å². The number of nitrogens with one attached hydrogen (secondary N) is 1. The molecule has 1 aliphatic rings. The first kappa shape index (κ1) is 22.1. The van der Waals surface area contributed by atoms with E-state index >= 15 is 0 Å². The number of hydrogen-bond acceptors (Lipinski definition) is 5. The van der Waals surface area contributed by atoms with E-state index in [2.05, 4.69) is 5.32 Å². The first-order valence-corrected chi connectivity index (χ1v) is 10.5. The third-order valence-electron chi connectivity index (χ3n) is 5.25. The van der Waals surface area contributed by atoms with Crippen LogP contribution < -0.4 is 14.8 Å². The Morgan fingerprint density at radius 3 is 2.30 bits per heavy atom. The van der Waals surface area contributed by atoms with Crippen LogP contribution in [0.2, 0.25) is 0 Å². The minimum Gasteiger partial charge on any atom is -0.491 e. The summed E-state index contributed by atoms with van der Waals surface area (Å²) in [6.07, 6.45) is 4.47. The van der Waals surface area contributed by atoms with Crippen molar-refractivity contribution in [3.63, 3.8) is 0 Å². The van der Waals surface area contributed by atoms with Crippen molar-refractivity contribution in [2.75, 3.05) is 33.7 Å². The molecule has 1 N–H and O–H groups in total. The van der Waals surface area contributed by atoms with Crippen LogP contribution in [-0.2, 0) is 9.47 Å². The predicted molar refractivity (Wildman–Crippen MR) is 115 cm³/mol. The van der Waals surface area contributed by atoms with Crippen LogP contribution in [0.4, 0.5) is 0 Å². The Kier molecular flexibility index (Phi) is 9.00. The fourth-order valence-electron chi connectivity index (χ4n) is 3.56. The lowest BCUT2D eigenvalue weighted by atomic mass is 9.87. The second-order valence-corrected chi connectivity index (χ2v) is 7.46. The Morgan fingerprint density at radius 2 is 1.60 bits per heavy atom. The molecule has 6 nitrogen and oxygen atoms in total. The quantitative estimate of drug-likeness (QED) is 0.445. The second-order valence-electron chi connectivity index (χ2n) is 7.46. The van der Waals surface area contributed by atoms with E-state index in [1.54, 1.807) is 31.4 Å². The highest BCUT2D eigenvalue weighted by molar-refractivity contribution is 5.94. The Hall–Kier alpha value is -2.57. The van der Waals surface area contributed by atoms with E-state index in [0.717, 1.165) is 31.4 Å². The zero-order valence-electron chi connectivity index (χ0n) is 17.5. The van der Waals surface area contributed by atoms with Crippen LogP contribution >= 0.6 is 0 Å². The number of hydrogen-bond donors (Lipinski definition) is 1. The molecule has 0 heterocycles. The molecular weight excluding hydrogens is 382 g/mol. The first-order chi connectivity index (χ1) is 14.7. The van der Waals surface area contributed by atoms with Crippen molar-refractivity contribution in [3.8, 4) is 11.5 Å². The number of para-hydroxylation sites is 1. The molecule has 0 saturated heterocycles. The lowest BCUT2D eigenvalue weighted by molar-refractivity contribution is 0.00439. The van der Waals surface area contributed by atoms with Crippen LogP contribution in [0.1, 0.15) is 36.0 Å². The Balaban J connectivity index is 1.28. The van der Waals surface area contributed by atoms with E-state index < -0.39 is 0 Å². The number of benzene rings is 2. The standard InChI is InChI=1S/C24H31NO5/c1-27-18-30-23-13-9-20(10-14-23)24(26)25-17-19-7-11-22(12-8-19)29-16-15-28-21-5-3-2-4-6-21/h2-6,9-10,13-14,19,22H,7-8,11-12,15-18H2,1H3,(H,25,26). The largest absolute Gasteiger partial charge is 0.491 e. The highest BCUT2D eigenvalue weighted by Gasteiger charge is 2.22. The number of ether oxygens (including phenoxy) is 4. The van der Waals surface area contributed by atoms with E-state index in [9.17, 15) is 4.79 Å². The molecule has 1 aliphatic carbocycles. The van der Waals surface area contributed by atoms with Crippen molar-refractivity contribution in [2.24, 2.45) is 5.92 Å². The van der Waals surface area contributed by atoms with E-state index in [-0.39, 0.29) is 18.8 Å². The summed E-state index contributed by atoms with van der Waals surface area (Å²) in [5.74, 6) is 2.00. The van der Waals surface area contributed by atoms with Gasteiger partial charge >= 0.3 is 0 Å². The zero-order valence-corrected chi connectivity index (χ0v) is 17.5. The number of carbonyl (C=O) groups is 1. The molecule has 1 amide bonds. The van der Waals surface area contributed by atoms with Crippen LogP contribution in [0.5, 0.6) is 11.5 Å². The maximum Gasteiger partial charge on any atom is 0.251 e. The van der Waals surface area contributed by atoms with Gasteiger partial charge in [0, 0.05) is 19.2 Å². The SMILES string of the molecule is COCOc1ccc(C(=O)NCC2CCC(OCCOc3ccccc3)CC2)cc1. The van der Waals surface area contributed by atoms with Crippen molar-refractivity contribution >= 4 is 5.91 Å². The summed E-state index contributed by atoms with van der Waals surface area (Å²) in [6.45, 7) is 2.06. The highest BCUT2D eigenvalue weighted by atomic mass is 16.7. The average molecular weight is 414 g/mol. The molecule has 0 bridgehead atoms. The molecule has 0 radical (unpaired) electrons. The summed E-state index contributed by atoms with van der Waals surface area (Å²) < 4.78 is 21.8. The minimum absolute atomic E-state index is 0.0512. The summed E-state index contributed by atoms with van der Waals surface area (Å²) in [5, 5.41) is 3.05. The van der Waals surface area contributed by atoms with Crippen molar-refractivity contribution in [3.05, 3.63) is 60.2 Å². The molecule has 30 heavy (non-hydrogen) atoms. The molecule has 2 aromatic carbocycles. The molecule has 0 atom stereocenters. The number of amides is 1. The van der Waals surface area contributed by atoms with Gasteiger partial charge in [-0.15, -0.1) is 0 Å². The van der Waals surface area contributed by atoms with Crippen molar-refractivity contribution < 1.29 is 23.7 Å². The van der Waals surface area contributed by atoms with Crippen LogP contribution in [0, 0.1) is 5.92 Å². The number of carbonyl (C=O) groups excluding carboxylic acids is 1. The van der Waals surface area contributed by atoms with Crippen molar-refractivity contribution in [1.29, 1.82) is 0 Å². The third-order valence-corrected chi connectivity index (χ3v) is 5.25. The molecule has 3 rings (SSSR count). The molecule has 0 unspecified atom stereocenters. The van der Waals surface area contributed by atoms with Crippen LogP contribution in [0.3, 0.4) is 0 Å². The maximum atomic E-state index is 12.4. The summed E-state index contributed by atoms with van der Waals surface area (Å²) in [4.78, 5) is 12.4. The van der Waals surface area contributed by atoms with Gasteiger partial charge in [0.1, 0.15) is 18.1 Å². The molecule has 0 spiro atoms. The molecule has 1 saturated carbocycles. The Morgan fingerprint density at radius 1 is 0.900 bits per heavy atom. The Bertz CT molecular complexity index is 742. The van der Waals surface area contributed by atoms with Gasteiger partial charge in [-0.05, 0) is 68.0 Å². The minimum atomic E-state index is -0.0512. The molecule has 6 heteroatoms. The van der Waals surface area contributed by atoms with Crippen LogP contribution in [0.15, 0.2) is 54.6 Å². The molecule has 162 valence electrons. The summed E-state index contributed by atoms with van der Waals surface area (Å²) >= 11 is 0. The average Bonchev–Trinajstić information content (AvgIpc) is 2.80. The summed E-state index contributed by atoms with van der Waals surface area (Å²) in [5.41, 5.74) is 0.634. The van der Waals surface area contributed by atoms with Crippen molar-refractivity contribution in [2.45, 2.75) is 31.8 Å². The van der Waals surface area contributed by atoms with E-state index in [1.807, 2.05) is 30.3 Å². The van der Waals surface area contributed by atoms with Gasteiger partial charge < -0.3 is 24.3 Å². The van der Waals surface area contributed by atoms with E-state index in [1.165, 1.54) is 0 Å². The van der Waals surface area contributed by atoms with Gasteiger partial charge in [0.25, 0.3) is 5.91 Å². The van der Waals surface area contributed by atoms with Gasteiger partial charge in [-0.25, -0.2) is 0 Å². The normalized spacial score (nSPS) is 18.6. The lowest BCUT2D eigenvalue weighted by Gasteiger charge is -2.28. The molecule has 0 aliphatic heterocycles. The van der Waals surface area contributed by atoms with Crippen molar-refractivity contribution in [1.82, 2.24) is 5.32 Å². The molecule has 0 aromatic heterocycles. The van der Waals surface area contributed by atoms with Gasteiger partial charge in [0.05, 0.1) is 12.7 Å². The fraction of sp³-hybridized carbons (Fsp3) is 0.458. The van der Waals surface area contributed by atoms with Gasteiger partial charge in [0.15, 0.2) is 6.79 Å². The topological polar surface area (TPSA) is 66.0 Å². The van der Waals surface area contributed by atoms with E-state index in [0.29, 0.717) is 37.0 Å². The lowest BCUT2D eigenvalue weighted by Crippen LogP contribution is -2.33. The zero-order chi connectivity index (χ0) is 21.0. The second kappa shape index (κ2) is 12.2. The summed E-state index contributed by atoms with van der Waals surface area (Å²) in [6, 6.07) is 16.9. The number of rotatable bonds is 11. The Labute approximate surface area is 178 Å². The smallest absolute Gasteiger partial charge is 0.251 e. The van der Waals surface area contributed by atoms with Gasteiger partial charge in [0.2, 0.25) is 0 Å². The van der Waals surface area contributed by atoms with Gasteiger partial charge in [-0.3, -0.25) is 4.79 Å². The predicted octanol–water partition coefficient (Wildman–Crippen LogP) is 4.05. The molecular formula is C24H31NO5. The first-order valence-electron chi connectivity index (χ1n) is 10.5. The van der Waals surface area contributed by atoms with Gasteiger partial charge in [-0.1, -0.05) is 18.2 Å². The molecule has 1 fully saturated rings. The monoisotopic (exact) mass is 413 g/mol. The third kappa shape index (κ3) is 7.35. The van der Waals surface area contributed by atoms with E-state index in [4.69, 9.17) is 18.9 Å². The van der Waals surface area contributed by atoms with Crippen LogP contribution in [0.25, 0.3) is 0 Å². The van der Waals surface area contributed by atoms with Crippen LogP contribution in [-0.4, -0.2) is 45.7 Å². The number of methoxy groups -OCH3 is 1. The molecule has 2 aromatic rings.